The van der Waals surface area contributed by atoms with E-state index in [-0.39, 0.29) is 0 Å². The predicted octanol–water partition coefficient (Wildman–Crippen LogP) is 17.4. The summed E-state index contributed by atoms with van der Waals surface area (Å²) in [6, 6.07) is 55.0. The maximum atomic E-state index is 2.56. The smallest absolute Gasteiger partial charge is 0.0641 e. The van der Waals surface area contributed by atoms with Crippen molar-refractivity contribution in [1.82, 2.24) is 13.7 Å². The highest BCUT2D eigenvalue weighted by atomic mass is 15.0. The summed E-state index contributed by atoms with van der Waals surface area (Å²) >= 11 is 0. The van der Waals surface area contributed by atoms with Crippen molar-refractivity contribution in [3.8, 4) is 39.4 Å². The van der Waals surface area contributed by atoms with Crippen LogP contribution in [0.25, 0.3) is 84.3 Å². The lowest BCUT2D eigenvalue weighted by atomic mass is 9.98. The Morgan fingerprint density at radius 3 is 1.61 bits per heavy atom. The first-order valence-electron chi connectivity index (χ1n) is 22.8. The number of hydrogen-bond donors (Lipinski definition) is 0. The molecule has 0 amide bonds. The van der Waals surface area contributed by atoms with Crippen molar-refractivity contribution in [2.45, 2.75) is 75.7 Å². The van der Waals surface area contributed by atoms with Crippen LogP contribution < -0.4 is 0 Å². The van der Waals surface area contributed by atoms with Crippen LogP contribution in [-0.4, -0.2) is 13.7 Å². The van der Waals surface area contributed by atoms with Crippen LogP contribution in [-0.2, 0) is 6.42 Å². The quantitative estimate of drug-likeness (QED) is 0.159. The maximum absolute atomic E-state index is 2.56. The SMILES string of the molecule is C/C=C\c1c(-c2c3c(n(-c4ccccc4)c2C)C=CC=CC3)n(-c2ccccc2)c2c1ccc1c2c2cc(-c3ccccc3)ccc2n1-c1ccccc1.CC.CC.CC.CC. The monoisotopic (exact) mass is 814 g/mol. The van der Waals surface area contributed by atoms with E-state index in [1.54, 1.807) is 0 Å². The molecule has 0 fully saturated rings. The second kappa shape index (κ2) is 21.1. The van der Waals surface area contributed by atoms with Crippen molar-refractivity contribution in [2.75, 3.05) is 0 Å². The number of hydrogen-bond acceptors (Lipinski definition) is 0. The van der Waals surface area contributed by atoms with Gasteiger partial charge < -0.3 is 13.7 Å². The van der Waals surface area contributed by atoms with Crippen molar-refractivity contribution in [3.05, 3.63) is 198 Å². The summed E-state index contributed by atoms with van der Waals surface area (Å²) in [4.78, 5) is 0. The maximum Gasteiger partial charge on any atom is 0.0641 e. The van der Waals surface area contributed by atoms with Crippen LogP contribution in [0, 0.1) is 6.92 Å². The van der Waals surface area contributed by atoms with Crippen molar-refractivity contribution in [1.29, 1.82) is 0 Å². The second-order valence-electron chi connectivity index (χ2n) is 14.0. The summed E-state index contributed by atoms with van der Waals surface area (Å²) in [6.45, 7) is 20.4. The Bertz CT molecular complexity index is 2930. The lowest BCUT2D eigenvalue weighted by Crippen LogP contribution is -2.01. The van der Waals surface area contributed by atoms with Gasteiger partial charge in [0.2, 0.25) is 0 Å². The minimum absolute atomic E-state index is 0.840. The van der Waals surface area contributed by atoms with E-state index in [9.17, 15) is 0 Å². The Labute approximate surface area is 370 Å². The van der Waals surface area contributed by atoms with E-state index in [1.807, 2.05) is 55.4 Å². The van der Waals surface area contributed by atoms with E-state index in [1.165, 1.54) is 83.3 Å². The number of rotatable bonds is 6. The van der Waals surface area contributed by atoms with Crippen molar-refractivity contribution in [3.63, 3.8) is 0 Å². The molecule has 6 aromatic carbocycles. The number of fused-ring (bicyclic) bond motifs is 6. The molecule has 3 nitrogen and oxygen atoms in total. The molecule has 0 bridgehead atoms. The standard InChI is InChI=1S/C51H39N3.4C2H6/c1-3-19-41-42-31-33-47-49(44-34-37(36-20-9-4-10-21-36)30-32-46(44)53(47)39-24-13-6-14-25-39)51(42)54(40-26-15-7-16-27-40)50(41)48-35(2)52(38-22-11-5-12-23-38)45-29-18-8-17-28-43(45)48;4*1-2/h3-27,29-34H,28H2,1-2H3;4*1-2H3/b19-3-;;;;. The van der Waals surface area contributed by atoms with E-state index < -0.39 is 0 Å². The van der Waals surface area contributed by atoms with Gasteiger partial charge >= 0.3 is 0 Å². The fourth-order valence-electron chi connectivity index (χ4n) is 8.78. The lowest BCUT2D eigenvalue weighted by Gasteiger charge is -2.15. The second-order valence-corrected chi connectivity index (χ2v) is 14.0. The van der Waals surface area contributed by atoms with E-state index in [0.29, 0.717) is 0 Å². The van der Waals surface area contributed by atoms with Crippen LogP contribution in [0.2, 0.25) is 0 Å². The molecule has 0 aliphatic heterocycles. The molecule has 3 heteroatoms. The van der Waals surface area contributed by atoms with E-state index >= 15 is 0 Å². The summed E-state index contributed by atoms with van der Waals surface area (Å²) in [5, 5.41) is 3.71. The Balaban J connectivity index is 0.000000760. The zero-order valence-electron chi connectivity index (χ0n) is 38.4. The molecule has 314 valence electrons. The van der Waals surface area contributed by atoms with Gasteiger partial charge in [-0.3, -0.25) is 0 Å². The molecule has 0 radical (unpaired) electrons. The molecule has 62 heavy (non-hydrogen) atoms. The topological polar surface area (TPSA) is 14.8 Å². The highest BCUT2D eigenvalue weighted by Crippen LogP contribution is 2.48. The molecule has 0 spiro atoms. The molecular formula is C59H63N3. The van der Waals surface area contributed by atoms with Crippen molar-refractivity contribution >= 4 is 44.9 Å². The van der Waals surface area contributed by atoms with E-state index in [0.717, 1.165) is 17.8 Å². The largest absolute Gasteiger partial charge is 0.314 e. The van der Waals surface area contributed by atoms with Gasteiger partial charge in [-0.2, -0.15) is 0 Å². The lowest BCUT2D eigenvalue weighted by molar-refractivity contribution is 0.995. The molecule has 3 heterocycles. The van der Waals surface area contributed by atoms with Crippen LogP contribution >= 0.6 is 0 Å². The van der Waals surface area contributed by atoms with E-state index in [2.05, 4.69) is 216 Å². The first kappa shape index (κ1) is 44.7. The number of nitrogens with zero attached hydrogens (tertiary/aromatic N) is 3. The molecule has 0 N–H and O–H groups in total. The molecule has 1 aliphatic rings. The molecule has 0 saturated heterocycles. The normalized spacial score (nSPS) is 11.5. The molecule has 0 unspecified atom stereocenters. The van der Waals surface area contributed by atoms with Gasteiger partial charge in [-0.05, 0) is 97.6 Å². The van der Waals surface area contributed by atoms with Gasteiger partial charge in [0, 0.05) is 50.0 Å². The molecule has 9 aromatic rings. The van der Waals surface area contributed by atoms with Gasteiger partial charge in [0.1, 0.15) is 0 Å². The van der Waals surface area contributed by atoms with Gasteiger partial charge in [0.25, 0.3) is 0 Å². The molecular weight excluding hydrogens is 751 g/mol. The van der Waals surface area contributed by atoms with Crippen LogP contribution in [0.5, 0.6) is 0 Å². The summed E-state index contributed by atoms with van der Waals surface area (Å²) < 4.78 is 7.45. The first-order valence-corrected chi connectivity index (χ1v) is 22.8. The number of aromatic nitrogens is 3. The van der Waals surface area contributed by atoms with Crippen LogP contribution in [0.3, 0.4) is 0 Å². The number of para-hydroxylation sites is 3. The van der Waals surface area contributed by atoms with Gasteiger partial charge in [0.05, 0.1) is 27.9 Å². The molecule has 0 atom stereocenters. The minimum Gasteiger partial charge on any atom is -0.314 e. The molecule has 0 saturated carbocycles. The third kappa shape index (κ3) is 8.04. The van der Waals surface area contributed by atoms with Crippen LogP contribution in [0.15, 0.2) is 176 Å². The van der Waals surface area contributed by atoms with Crippen molar-refractivity contribution in [2.24, 2.45) is 0 Å². The highest BCUT2D eigenvalue weighted by Gasteiger charge is 2.29. The van der Waals surface area contributed by atoms with Crippen molar-refractivity contribution < 1.29 is 0 Å². The minimum atomic E-state index is 0.840. The van der Waals surface area contributed by atoms with E-state index in [4.69, 9.17) is 0 Å². The Kier molecular flexibility index (Phi) is 15.2. The summed E-state index contributed by atoms with van der Waals surface area (Å²) in [6.07, 6.45) is 14.3. The van der Waals surface area contributed by atoms with Gasteiger partial charge in [-0.1, -0.05) is 183 Å². The Morgan fingerprint density at radius 2 is 1.03 bits per heavy atom. The molecule has 10 rings (SSSR count). The van der Waals surface area contributed by atoms with Crippen LogP contribution in [0.1, 0.15) is 84.8 Å². The van der Waals surface area contributed by atoms with Gasteiger partial charge in [-0.15, -0.1) is 0 Å². The average Bonchev–Trinajstić information content (AvgIpc) is 3.87. The summed E-state index contributed by atoms with van der Waals surface area (Å²) in [5.41, 5.74) is 17.0. The zero-order valence-corrected chi connectivity index (χ0v) is 38.4. The average molecular weight is 814 g/mol. The third-order valence-electron chi connectivity index (χ3n) is 11.0. The Hall–Kier alpha value is -6.84. The fraction of sp³-hybridized carbons (Fsp3) is 0.186. The molecule has 3 aromatic heterocycles. The predicted molar refractivity (Wildman–Crippen MR) is 275 cm³/mol. The van der Waals surface area contributed by atoms with Crippen LogP contribution in [0.4, 0.5) is 0 Å². The first-order chi connectivity index (χ1) is 30.7. The summed E-state index contributed by atoms with van der Waals surface area (Å²) in [5.74, 6) is 0. The van der Waals surface area contributed by atoms with Gasteiger partial charge in [0.15, 0.2) is 0 Å². The zero-order chi connectivity index (χ0) is 44.2. The summed E-state index contributed by atoms with van der Waals surface area (Å²) in [7, 11) is 0. The van der Waals surface area contributed by atoms with Gasteiger partial charge in [-0.25, -0.2) is 0 Å². The Morgan fingerprint density at radius 1 is 0.500 bits per heavy atom. The fourth-order valence-corrected chi connectivity index (χ4v) is 8.78. The number of allylic oxidation sites excluding steroid dienone is 4. The number of benzene rings is 6. The third-order valence-corrected chi connectivity index (χ3v) is 11.0. The highest BCUT2D eigenvalue weighted by molar-refractivity contribution is 6.23. The molecule has 1 aliphatic carbocycles.